The Morgan fingerprint density at radius 1 is 1.16 bits per heavy atom. The number of anilines is 1. The molecule has 0 bridgehead atoms. The number of alkyl halides is 3. The summed E-state index contributed by atoms with van der Waals surface area (Å²) in [5.74, 6) is -0.390. The number of likely N-dealkylation sites (N-methyl/N-ethyl adjacent to an activating group) is 1. The van der Waals surface area contributed by atoms with Gasteiger partial charge in [-0.2, -0.15) is 13.2 Å². The van der Waals surface area contributed by atoms with Gasteiger partial charge in [-0.15, -0.1) is 11.3 Å². The fraction of sp³-hybridized carbons (Fsp3) is 0.286. The van der Waals surface area contributed by atoms with Crippen molar-refractivity contribution in [3.05, 3.63) is 60.3 Å². The third-order valence-electron chi connectivity index (χ3n) is 4.96. The average molecular weight is 484 g/mol. The fourth-order valence-corrected chi connectivity index (χ4v) is 5.84. The van der Waals surface area contributed by atoms with Crippen molar-refractivity contribution in [2.75, 3.05) is 24.9 Å². The molecule has 1 aliphatic heterocycles. The van der Waals surface area contributed by atoms with E-state index in [1.165, 1.54) is 18.2 Å². The number of nitrogens with zero attached hydrogens (tertiary/aromatic N) is 2. The first kappa shape index (κ1) is 22.6. The molecule has 1 aromatic carbocycles. The molecule has 4 rings (SSSR count). The van der Waals surface area contributed by atoms with Crippen LogP contribution in [0.2, 0.25) is 0 Å². The van der Waals surface area contributed by atoms with Crippen molar-refractivity contribution in [1.82, 2.24) is 9.88 Å². The van der Waals surface area contributed by atoms with E-state index in [2.05, 4.69) is 9.71 Å². The molecule has 3 aromatic rings. The van der Waals surface area contributed by atoms with Gasteiger partial charge in [-0.3, -0.25) is 9.71 Å². The van der Waals surface area contributed by atoms with E-state index < -0.39 is 39.3 Å². The highest BCUT2D eigenvalue weighted by Crippen LogP contribution is 2.43. The van der Waals surface area contributed by atoms with Crippen LogP contribution in [0.4, 0.5) is 18.9 Å². The Balaban J connectivity index is 1.65. The number of likely N-dealkylation sites (tertiary alicyclic amines) is 1. The number of pyridine rings is 1. The van der Waals surface area contributed by atoms with Crippen molar-refractivity contribution in [2.24, 2.45) is 0 Å². The zero-order valence-electron chi connectivity index (χ0n) is 17.0. The van der Waals surface area contributed by atoms with Crippen molar-refractivity contribution in [3.63, 3.8) is 0 Å². The molecule has 1 N–H and O–H groups in total. The van der Waals surface area contributed by atoms with Gasteiger partial charge in [-0.25, -0.2) is 8.42 Å². The predicted molar refractivity (Wildman–Crippen MR) is 116 cm³/mol. The van der Waals surface area contributed by atoms with Gasteiger partial charge in [-0.05, 0) is 49.9 Å². The molecule has 1 saturated heterocycles. The maximum atomic E-state index is 13.9. The Morgan fingerprint density at radius 2 is 1.97 bits per heavy atom. The highest BCUT2D eigenvalue weighted by Gasteiger charge is 2.39. The van der Waals surface area contributed by atoms with Gasteiger partial charge in [0.25, 0.3) is 10.0 Å². The summed E-state index contributed by atoms with van der Waals surface area (Å²) in [5.41, 5.74) is -1.14. The molecule has 170 valence electrons. The monoisotopic (exact) mass is 483 g/mol. The van der Waals surface area contributed by atoms with E-state index in [-0.39, 0.29) is 4.21 Å². The minimum Gasteiger partial charge on any atom is -0.488 e. The maximum absolute atomic E-state index is 13.9. The minimum absolute atomic E-state index is 0.116. The van der Waals surface area contributed by atoms with E-state index in [1.807, 2.05) is 11.9 Å². The van der Waals surface area contributed by atoms with Gasteiger partial charge < -0.3 is 9.64 Å². The SMILES string of the molecule is CN1CC[C@@H](Oc2cccc(NS(=O)(=O)c3ccc(-c4ccccn4)s3)c2C(F)(F)F)C1. The molecule has 6 nitrogen and oxygen atoms in total. The van der Waals surface area contributed by atoms with Gasteiger partial charge in [0.2, 0.25) is 0 Å². The van der Waals surface area contributed by atoms with Crippen LogP contribution in [0, 0.1) is 0 Å². The first-order valence-electron chi connectivity index (χ1n) is 9.73. The van der Waals surface area contributed by atoms with Gasteiger partial charge in [0.05, 0.1) is 16.3 Å². The molecule has 32 heavy (non-hydrogen) atoms. The summed E-state index contributed by atoms with van der Waals surface area (Å²) >= 11 is 0.925. The Labute approximate surface area is 187 Å². The molecule has 1 atom stereocenters. The lowest BCUT2D eigenvalue weighted by molar-refractivity contribution is -0.138. The molecule has 0 unspecified atom stereocenters. The number of halogens is 3. The van der Waals surface area contributed by atoms with Crippen LogP contribution in [0.25, 0.3) is 10.6 Å². The van der Waals surface area contributed by atoms with Gasteiger partial charge in [0.1, 0.15) is 21.6 Å². The number of thiophene rings is 1. The van der Waals surface area contributed by atoms with Crippen LogP contribution in [-0.2, 0) is 16.2 Å². The molecule has 2 aromatic heterocycles. The summed E-state index contributed by atoms with van der Waals surface area (Å²) in [4.78, 5) is 6.71. The normalized spacial score (nSPS) is 17.4. The Bertz CT molecular complexity index is 1200. The van der Waals surface area contributed by atoms with E-state index in [0.29, 0.717) is 23.5 Å². The lowest BCUT2D eigenvalue weighted by Crippen LogP contribution is -2.23. The number of hydrogen-bond acceptors (Lipinski definition) is 6. The summed E-state index contributed by atoms with van der Waals surface area (Å²) in [6, 6.07) is 11.8. The Kier molecular flexibility index (Phi) is 6.15. The molecule has 0 amide bonds. The number of hydrogen-bond donors (Lipinski definition) is 1. The van der Waals surface area contributed by atoms with Crippen LogP contribution in [0.1, 0.15) is 12.0 Å². The van der Waals surface area contributed by atoms with Crippen molar-refractivity contribution in [1.29, 1.82) is 0 Å². The molecule has 0 radical (unpaired) electrons. The smallest absolute Gasteiger partial charge is 0.421 e. The maximum Gasteiger partial charge on any atom is 0.421 e. The predicted octanol–water partition coefficient (Wildman–Crippen LogP) is 4.71. The second-order valence-corrected chi connectivity index (χ2v) is 10.4. The van der Waals surface area contributed by atoms with Crippen LogP contribution >= 0.6 is 11.3 Å². The molecule has 0 aliphatic carbocycles. The summed E-state index contributed by atoms with van der Waals surface area (Å²) in [7, 11) is -2.40. The van der Waals surface area contributed by atoms with Crippen LogP contribution < -0.4 is 9.46 Å². The lowest BCUT2D eigenvalue weighted by atomic mass is 10.1. The van der Waals surface area contributed by atoms with Crippen LogP contribution in [0.3, 0.4) is 0 Å². The number of sulfonamides is 1. The quantitative estimate of drug-likeness (QED) is 0.550. The first-order chi connectivity index (χ1) is 15.1. The van der Waals surface area contributed by atoms with E-state index in [9.17, 15) is 21.6 Å². The second kappa shape index (κ2) is 8.72. The summed E-state index contributed by atoms with van der Waals surface area (Å²) in [6.45, 7) is 1.22. The van der Waals surface area contributed by atoms with Crippen molar-refractivity contribution < 1.29 is 26.3 Å². The van der Waals surface area contributed by atoms with Crippen LogP contribution in [-0.4, -0.2) is 44.5 Å². The largest absolute Gasteiger partial charge is 0.488 e. The van der Waals surface area contributed by atoms with Gasteiger partial charge in [0, 0.05) is 19.3 Å². The van der Waals surface area contributed by atoms with Crippen molar-refractivity contribution in [2.45, 2.75) is 22.9 Å². The molecule has 11 heteroatoms. The van der Waals surface area contributed by atoms with E-state index >= 15 is 0 Å². The topological polar surface area (TPSA) is 71.5 Å². The number of rotatable bonds is 6. The molecule has 0 spiro atoms. The molecular weight excluding hydrogens is 463 g/mol. The zero-order valence-corrected chi connectivity index (χ0v) is 18.6. The number of nitrogens with one attached hydrogen (secondary N) is 1. The van der Waals surface area contributed by atoms with Crippen LogP contribution in [0.15, 0.2) is 58.9 Å². The second-order valence-electron chi connectivity index (χ2n) is 7.41. The number of benzene rings is 1. The number of aromatic nitrogens is 1. The summed E-state index contributed by atoms with van der Waals surface area (Å²) in [5, 5.41) is 0. The van der Waals surface area contributed by atoms with Gasteiger partial charge in [0.15, 0.2) is 0 Å². The fourth-order valence-electron chi connectivity index (χ4n) is 3.48. The molecule has 1 aliphatic rings. The van der Waals surface area contributed by atoms with E-state index in [4.69, 9.17) is 4.74 Å². The van der Waals surface area contributed by atoms with E-state index in [1.54, 1.807) is 30.5 Å². The first-order valence-corrected chi connectivity index (χ1v) is 12.0. The average Bonchev–Trinajstić information content (AvgIpc) is 3.37. The lowest BCUT2D eigenvalue weighted by Gasteiger charge is -2.21. The molecule has 0 saturated carbocycles. The van der Waals surface area contributed by atoms with Crippen LogP contribution in [0.5, 0.6) is 5.75 Å². The minimum atomic E-state index is -4.81. The highest BCUT2D eigenvalue weighted by atomic mass is 32.2. The van der Waals surface area contributed by atoms with Crippen molar-refractivity contribution in [3.8, 4) is 16.3 Å². The van der Waals surface area contributed by atoms with E-state index in [0.717, 1.165) is 23.9 Å². The van der Waals surface area contributed by atoms with Gasteiger partial charge >= 0.3 is 6.18 Å². The molecular formula is C21H20F3N3O3S2. The number of ether oxygens (including phenoxy) is 1. The highest BCUT2D eigenvalue weighted by molar-refractivity contribution is 7.94. The third kappa shape index (κ3) is 4.89. The summed E-state index contributed by atoms with van der Waals surface area (Å²) < 4.78 is 75.2. The van der Waals surface area contributed by atoms with Crippen molar-refractivity contribution >= 4 is 27.0 Å². The Morgan fingerprint density at radius 3 is 2.62 bits per heavy atom. The zero-order chi connectivity index (χ0) is 22.9. The Hall–Kier alpha value is -2.63. The molecule has 1 fully saturated rings. The summed E-state index contributed by atoms with van der Waals surface area (Å²) in [6.07, 6.45) is -3.04. The third-order valence-corrected chi connectivity index (χ3v) is 7.92. The van der Waals surface area contributed by atoms with Gasteiger partial charge in [-0.1, -0.05) is 12.1 Å². The molecule has 3 heterocycles. The standard InChI is InChI=1S/C21H20F3N3O3S2/c1-27-12-10-14(13-27)30-17-7-4-6-16(20(17)21(22,23)24)26-32(28,29)19-9-8-18(31-19)15-5-2-3-11-25-15/h2-9,11,14,26H,10,12-13H2,1H3/t14-/m1/s1.